The monoisotopic (exact) mass is 233 g/mol. The van der Waals surface area contributed by atoms with Crippen LogP contribution in [0.1, 0.15) is 0 Å². The fourth-order valence-corrected chi connectivity index (χ4v) is 1.64. The van der Waals surface area contributed by atoms with Crippen LogP contribution in [0, 0.1) is 0 Å². The van der Waals surface area contributed by atoms with Crippen LogP contribution in [-0.4, -0.2) is 28.5 Å². The summed E-state index contributed by atoms with van der Waals surface area (Å²) in [7, 11) is 1.66. The Kier molecular flexibility index (Phi) is 3.24. The molecule has 6 nitrogen and oxygen atoms in total. The van der Waals surface area contributed by atoms with Gasteiger partial charge in [-0.25, -0.2) is 0 Å². The van der Waals surface area contributed by atoms with Crippen LogP contribution in [0.3, 0.4) is 0 Å². The molecule has 1 heterocycles. The van der Waals surface area contributed by atoms with Gasteiger partial charge in [-0.2, -0.15) is 0 Å². The molecule has 90 valence electrons. The van der Waals surface area contributed by atoms with Crippen LogP contribution in [-0.2, 0) is 11.3 Å². The SMILES string of the molecule is COCCn1cnnc1-c1cc(N)cc(N)c1. The fraction of sp³-hybridized carbons (Fsp3) is 0.273. The van der Waals surface area contributed by atoms with E-state index in [2.05, 4.69) is 10.2 Å². The van der Waals surface area contributed by atoms with Crippen LogP contribution < -0.4 is 11.5 Å². The number of methoxy groups -OCH3 is 1. The lowest BCUT2D eigenvalue weighted by molar-refractivity contribution is 0.187. The molecule has 17 heavy (non-hydrogen) atoms. The molecule has 0 saturated carbocycles. The largest absolute Gasteiger partial charge is 0.399 e. The minimum atomic E-state index is 0.600. The Labute approximate surface area is 99.2 Å². The summed E-state index contributed by atoms with van der Waals surface area (Å²) >= 11 is 0. The zero-order valence-electron chi connectivity index (χ0n) is 9.63. The van der Waals surface area contributed by atoms with E-state index in [1.807, 2.05) is 16.7 Å². The highest BCUT2D eigenvalue weighted by Crippen LogP contribution is 2.22. The minimum absolute atomic E-state index is 0.600. The van der Waals surface area contributed by atoms with Crippen LogP contribution >= 0.6 is 0 Å². The number of nitrogen functional groups attached to an aromatic ring is 2. The highest BCUT2D eigenvalue weighted by atomic mass is 16.5. The summed E-state index contributed by atoms with van der Waals surface area (Å²) in [5, 5.41) is 7.95. The molecule has 4 N–H and O–H groups in total. The summed E-state index contributed by atoms with van der Waals surface area (Å²) in [5.74, 6) is 0.737. The van der Waals surface area contributed by atoms with Gasteiger partial charge in [0.15, 0.2) is 5.82 Å². The predicted molar refractivity (Wildman–Crippen MR) is 66.2 cm³/mol. The number of nitrogens with two attached hydrogens (primary N) is 2. The lowest BCUT2D eigenvalue weighted by atomic mass is 10.1. The second-order valence-corrected chi connectivity index (χ2v) is 3.73. The van der Waals surface area contributed by atoms with Crippen molar-refractivity contribution in [2.75, 3.05) is 25.2 Å². The Morgan fingerprint density at radius 1 is 1.24 bits per heavy atom. The molecule has 0 bridgehead atoms. The normalized spacial score (nSPS) is 10.6. The van der Waals surface area contributed by atoms with Crippen molar-refractivity contribution in [1.29, 1.82) is 0 Å². The quantitative estimate of drug-likeness (QED) is 0.760. The van der Waals surface area contributed by atoms with Gasteiger partial charge in [0.25, 0.3) is 0 Å². The summed E-state index contributed by atoms with van der Waals surface area (Å²) in [6.07, 6.45) is 1.66. The van der Waals surface area contributed by atoms with E-state index in [4.69, 9.17) is 16.2 Å². The molecule has 1 aromatic heterocycles. The average molecular weight is 233 g/mol. The number of benzene rings is 1. The van der Waals surface area contributed by atoms with Crippen molar-refractivity contribution in [3.63, 3.8) is 0 Å². The first-order valence-corrected chi connectivity index (χ1v) is 5.24. The Bertz CT molecular complexity index is 488. The fourth-order valence-electron chi connectivity index (χ4n) is 1.64. The van der Waals surface area contributed by atoms with E-state index < -0.39 is 0 Å². The Balaban J connectivity index is 2.35. The molecule has 0 atom stereocenters. The van der Waals surface area contributed by atoms with Crippen molar-refractivity contribution in [2.24, 2.45) is 0 Å². The smallest absolute Gasteiger partial charge is 0.163 e. The highest BCUT2D eigenvalue weighted by molar-refractivity contribution is 5.68. The number of ether oxygens (including phenoxy) is 1. The average Bonchev–Trinajstić information content (AvgIpc) is 2.73. The zero-order chi connectivity index (χ0) is 12.3. The number of rotatable bonds is 4. The number of aromatic nitrogens is 3. The summed E-state index contributed by atoms with van der Waals surface area (Å²) < 4.78 is 6.93. The van der Waals surface area contributed by atoms with Gasteiger partial charge in [0.2, 0.25) is 0 Å². The van der Waals surface area contributed by atoms with Crippen molar-refractivity contribution in [1.82, 2.24) is 14.8 Å². The number of anilines is 2. The van der Waals surface area contributed by atoms with Crippen molar-refractivity contribution >= 4 is 11.4 Å². The molecule has 0 aliphatic carbocycles. The number of nitrogens with zero attached hydrogens (tertiary/aromatic N) is 3. The third-order valence-electron chi connectivity index (χ3n) is 2.39. The van der Waals surface area contributed by atoms with Crippen LogP contribution in [0.4, 0.5) is 11.4 Å². The van der Waals surface area contributed by atoms with Crippen LogP contribution in [0.2, 0.25) is 0 Å². The predicted octanol–water partition coefficient (Wildman–Crippen LogP) is 0.756. The molecule has 0 aliphatic heterocycles. The second kappa shape index (κ2) is 4.84. The van der Waals surface area contributed by atoms with Gasteiger partial charge in [0.05, 0.1) is 6.61 Å². The molecule has 0 spiro atoms. The molecular formula is C11H15N5O. The van der Waals surface area contributed by atoms with Gasteiger partial charge in [-0.05, 0) is 18.2 Å². The van der Waals surface area contributed by atoms with E-state index >= 15 is 0 Å². The van der Waals surface area contributed by atoms with Gasteiger partial charge in [-0.15, -0.1) is 10.2 Å². The molecule has 2 aromatic rings. The van der Waals surface area contributed by atoms with E-state index in [-0.39, 0.29) is 0 Å². The molecule has 0 radical (unpaired) electrons. The second-order valence-electron chi connectivity index (χ2n) is 3.73. The molecule has 0 fully saturated rings. The molecule has 0 unspecified atom stereocenters. The first kappa shape index (κ1) is 11.4. The van der Waals surface area contributed by atoms with Crippen LogP contribution in [0.15, 0.2) is 24.5 Å². The van der Waals surface area contributed by atoms with Gasteiger partial charge in [0, 0.05) is 30.6 Å². The standard InChI is InChI=1S/C11H15N5O/c1-17-3-2-16-7-14-15-11(16)8-4-9(12)6-10(13)5-8/h4-7H,2-3,12-13H2,1H3. The third-order valence-corrected chi connectivity index (χ3v) is 2.39. The van der Waals surface area contributed by atoms with Crippen LogP contribution in [0.5, 0.6) is 0 Å². The van der Waals surface area contributed by atoms with Crippen molar-refractivity contribution in [2.45, 2.75) is 6.54 Å². The van der Waals surface area contributed by atoms with E-state index in [0.717, 1.165) is 11.4 Å². The van der Waals surface area contributed by atoms with Gasteiger partial charge in [0.1, 0.15) is 6.33 Å². The van der Waals surface area contributed by atoms with Gasteiger partial charge in [-0.1, -0.05) is 0 Å². The maximum Gasteiger partial charge on any atom is 0.163 e. The minimum Gasteiger partial charge on any atom is -0.399 e. The van der Waals surface area contributed by atoms with Crippen LogP contribution in [0.25, 0.3) is 11.4 Å². The summed E-state index contributed by atoms with van der Waals surface area (Å²) in [6, 6.07) is 5.35. The Morgan fingerprint density at radius 2 is 1.94 bits per heavy atom. The first-order chi connectivity index (χ1) is 8.20. The van der Waals surface area contributed by atoms with E-state index in [1.54, 1.807) is 19.5 Å². The summed E-state index contributed by atoms with van der Waals surface area (Å²) in [5.41, 5.74) is 13.6. The third kappa shape index (κ3) is 2.54. The van der Waals surface area contributed by atoms with E-state index in [0.29, 0.717) is 24.5 Å². The van der Waals surface area contributed by atoms with E-state index in [1.165, 1.54) is 0 Å². The number of hydrogen-bond acceptors (Lipinski definition) is 5. The maximum absolute atomic E-state index is 5.75. The molecule has 0 saturated heterocycles. The Hall–Kier alpha value is -2.08. The van der Waals surface area contributed by atoms with E-state index in [9.17, 15) is 0 Å². The van der Waals surface area contributed by atoms with Gasteiger partial charge < -0.3 is 20.8 Å². The molecule has 2 rings (SSSR count). The topological polar surface area (TPSA) is 92.0 Å². The summed E-state index contributed by atoms with van der Waals surface area (Å²) in [6.45, 7) is 1.29. The molecule has 0 amide bonds. The lowest BCUT2D eigenvalue weighted by Gasteiger charge is -2.07. The van der Waals surface area contributed by atoms with Crippen molar-refractivity contribution in [3.8, 4) is 11.4 Å². The van der Waals surface area contributed by atoms with Gasteiger partial charge in [-0.3, -0.25) is 0 Å². The first-order valence-electron chi connectivity index (χ1n) is 5.24. The molecule has 1 aromatic carbocycles. The van der Waals surface area contributed by atoms with Crippen molar-refractivity contribution in [3.05, 3.63) is 24.5 Å². The lowest BCUT2D eigenvalue weighted by Crippen LogP contribution is -2.05. The summed E-state index contributed by atoms with van der Waals surface area (Å²) in [4.78, 5) is 0. The maximum atomic E-state index is 5.75. The van der Waals surface area contributed by atoms with Crippen molar-refractivity contribution < 1.29 is 4.74 Å². The van der Waals surface area contributed by atoms with Gasteiger partial charge >= 0.3 is 0 Å². The zero-order valence-corrected chi connectivity index (χ0v) is 9.63. The highest BCUT2D eigenvalue weighted by Gasteiger charge is 2.08. The number of hydrogen-bond donors (Lipinski definition) is 2. The molecule has 0 aliphatic rings. The molecule has 6 heteroatoms. The molecular weight excluding hydrogens is 218 g/mol. The Morgan fingerprint density at radius 3 is 2.59 bits per heavy atom.